The van der Waals surface area contributed by atoms with Gasteiger partial charge >= 0.3 is 0 Å². The lowest BCUT2D eigenvalue weighted by molar-refractivity contribution is 0.456. The molecule has 0 aromatic heterocycles. The van der Waals surface area contributed by atoms with Crippen LogP contribution in [0, 0.1) is 5.92 Å². The summed E-state index contributed by atoms with van der Waals surface area (Å²) >= 11 is 3.72. The van der Waals surface area contributed by atoms with Crippen LogP contribution < -0.4 is 0 Å². The van der Waals surface area contributed by atoms with Crippen LogP contribution in [0.2, 0.25) is 0 Å². The molecule has 0 bridgehead atoms. The van der Waals surface area contributed by atoms with E-state index in [1.165, 1.54) is 22.3 Å². The molecule has 0 fully saturated rings. The van der Waals surface area contributed by atoms with Gasteiger partial charge in [0.05, 0.1) is 5.41 Å². The fourth-order valence-electron chi connectivity index (χ4n) is 4.92. The Bertz CT molecular complexity index is 959. The smallest absolute Gasteiger partial charge is 0.0526 e. The topological polar surface area (TPSA) is 0 Å². The number of allylic oxidation sites excluding steroid dienone is 4. The van der Waals surface area contributed by atoms with E-state index >= 15 is 0 Å². The fourth-order valence-corrected chi connectivity index (χ4v) is 5.28. The minimum atomic E-state index is -0.173. The third-order valence-corrected chi connectivity index (χ3v) is 6.39. The van der Waals surface area contributed by atoms with Gasteiger partial charge in [-0.3, -0.25) is 0 Å². The molecular formula is C25H19Br. The lowest BCUT2D eigenvalue weighted by atomic mass is 9.63. The standard InChI is InChI=1S/C25H19Br/c26-20-15-16-22-21-13-7-8-14-23(21)25(24(22)17-20,18-9-3-1-4-10-18)19-11-5-2-6-12-19/h1-17,21,23H. The van der Waals surface area contributed by atoms with E-state index in [9.17, 15) is 0 Å². The van der Waals surface area contributed by atoms with E-state index in [1.807, 2.05) is 0 Å². The van der Waals surface area contributed by atoms with Crippen LogP contribution in [0.25, 0.3) is 0 Å². The zero-order chi connectivity index (χ0) is 17.6. The van der Waals surface area contributed by atoms with Gasteiger partial charge in [-0.25, -0.2) is 0 Å². The molecule has 2 aliphatic rings. The van der Waals surface area contributed by atoms with Gasteiger partial charge in [-0.15, -0.1) is 0 Å². The summed E-state index contributed by atoms with van der Waals surface area (Å²) in [5, 5.41) is 0. The minimum absolute atomic E-state index is 0.173. The summed E-state index contributed by atoms with van der Waals surface area (Å²) in [6.07, 6.45) is 9.17. The highest BCUT2D eigenvalue weighted by Crippen LogP contribution is 2.59. The van der Waals surface area contributed by atoms with Crippen molar-refractivity contribution in [3.05, 3.63) is 130 Å². The average Bonchev–Trinajstić information content (AvgIpc) is 3.00. The lowest BCUT2D eigenvalue weighted by Gasteiger charge is -2.38. The van der Waals surface area contributed by atoms with Gasteiger partial charge in [-0.1, -0.05) is 107 Å². The Morgan fingerprint density at radius 2 is 1.31 bits per heavy atom. The van der Waals surface area contributed by atoms with Crippen molar-refractivity contribution < 1.29 is 0 Å². The van der Waals surface area contributed by atoms with E-state index < -0.39 is 0 Å². The fraction of sp³-hybridized carbons (Fsp3) is 0.120. The molecular weight excluding hydrogens is 380 g/mol. The van der Waals surface area contributed by atoms with Gasteiger partial charge < -0.3 is 0 Å². The third kappa shape index (κ3) is 2.13. The largest absolute Gasteiger partial charge is 0.0789 e. The molecule has 26 heavy (non-hydrogen) atoms. The van der Waals surface area contributed by atoms with Crippen LogP contribution in [0.5, 0.6) is 0 Å². The zero-order valence-electron chi connectivity index (χ0n) is 14.3. The quantitative estimate of drug-likeness (QED) is 0.454. The van der Waals surface area contributed by atoms with Crippen LogP contribution in [0.1, 0.15) is 28.2 Å². The summed E-state index contributed by atoms with van der Waals surface area (Å²) in [7, 11) is 0. The lowest BCUT2D eigenvalue weighted by Crippen LogP contribution is -2.35. The molecule has 0 saturated carbocycles. The number of fused-ring (bicyclic) bond motifs is 3. The Labute approximate surface area is 163 Å². The molecule has 3 aromatic rings. The molecule has 0 saturated heterocycles. The Kier molecular flexibility index (Phi) is 3.72. The first kappa shape index (κ1) is 15.8. The molecule has 0 N–H and O–H groups in total. The van der Waals surface area contributed by atoms with E-state index in [4.69, 9.17) is 0 Å². The highest BCUT2D eigenvalue weighted by atomic mass is 79.9. The molecule has 2 unspecified atom stereocenters. The van der Waals surface area contributed by atoms with Crippen molar-refractivity contribution in [2.75, 3.05) is 0 Å². The third-order valence-electron chi connectivity index (χ3n) is 5.89. The van der Waals surface area contributed by atoms with Crippen LogP contribution in [-0.2, 0) is 5.41 Å². The van der Waals surface area contributed by atoms with E-state index in [2.05, 4.69) is 119 Å². The van der Waals surface area contributed by atoms with Crippen molar-refractivity contribution in [3.8, 4) is 0 Å². The van der Waals surface area contributed by atoms with Crippen LogP contribution in [0.15, 0.2) is 108 Å². The number of halogens is 1. The molecule has 0 radical (unpaired) electrons. The van der Waals surface area contributed by atoms with Crippen LogP contribution in [0.3, 0.4) is 0 Å². The Morgan fingerprint density at radius 3 is 1.96 bits per heavy atom. The number of hydrogen-bond donors (Lipinski definition) is 0. The molecule has 126 valence electrons. The average molecular weight is 399 g/mol. The summed E-state index contributed by atoms with van der Waals surface area (Å²) in [5.74, 6) is 0.783. The molecule has 3 aromatic carbocycles. The van der Waals surface area contributed by atoms with E-state index in [1.54, 1.807) is 0 Å². The number of rotatable bonds is 2. The summed E-state index contributed by atoms with van der Waals surface area (Å²) in [6.45, 7) is 0. The van der Waals surface area contributed by atoms with Crippen molar-refractivity contribution >= 4 is 15.9 Å². The highest BCUT2D eigenvalue weighted by molar-refractivity contribution is 9.10. The number of hydrogen-bond acceptors (Lipinski definition) is 0. The molecule has 0 spiro atoms. The summed E-state index contributed by atoms with van der Waals surface area (Å²) < 4.78 is 1.14. The monoisotopic (exact) mass is 398 g/mol. The summed E-state index contributed by atoms with van der Waals surface area (Å²) in [4.78, 5) is 0. The number of benzene rings is 3. The molecule has 2 atom stereocenters. The van der Waals surface area contributed by atoms with E-state index in [-0.39, 0.29) is 5.41 Å². The summed E-state index contributed by atoms with van der Waals surface area (Å²) in [6, 6.07) is 28.8. The second-order valence-electron chi connectivity index (χ2n) is 7.09. The van der Waals surface area contributed by atoms with Crippen molar-refractivity contribution in [2.45, 2.75) is 11.3 Å². The first-order valence-electron chi connectivity index (χ1n) is 9.08. The Morgan fingerprint density at radius 1 is 0.692 bits per heavy atom. The SMILES string of the molecule is Brc1ccc2c(c1)C(c1ccccc1)(c1ccccc1)C1C=CC=CC21. The Hall–Kier alpha value is -2.38. The molecule has 5 rings (SSSR count). The summed E-state index contributed by atoms with van der Waals surface area (Å²) in [5.41, 5.74) is 5.39. The molecule has 2 aliphatic carbocycles. The van der Waals surface area contributed by atoms with Crippen molar-refractivity contribution in [2.24, 2.45) is 5.92 Å². The first-order valence-corrected chi connectivity index (χ1v) is 9.87. The normalized spacial score (nSPS) is 22.0. The predicted octanol–water partition coefficient (Wildman–Crippen LogP) is 6.62. The Balaban J connectivity index is 1.91. The predicted molar refractivity (Wildman–Crippen MR) is 111 cm³/mol. The van der Waals surface area contributed by atoms with Crippen LogP contribution >= 0.6 is 15.9 Å². The van der Waals surface area contributed by atoms with Gasteiger partial charge in [0.1, 0.15) is 0 Å². The molecule has 0 heterocycles. The van der Waals surface area contributed by atoms with Gasteiger partial charge in [0.25, 0.3) is 0 Å². The molecule has 1 heteroatoms. The van der Waals surface area contributed by atoms with Gasteiger partial charge in [0.2, 0.25) is 0 Å². The van der Waals surface area contributed by atoms with Crippen molar-refractivity contribution in [1.29, 1.82) is 0 Å². The van der Waals surface area contributed by atoms with E-state index in [0.717, 1.165) is 4.47 Å². The zero-order valence-corrected chi connectivity index (χ0v) is 15.9. The maximum Gasteiger partial charge on any atom is 0.0526 e. The maximum absolute atomic E-state index is 3.72. The minimum Gasteiger partial charge on any atom is -0.0789 e. The van der Waals surface area contributed by atoms with E-state index in [0.29, 0.717) is 11.8 Å². The van der Waals surface area contributed by atoms with Crippen molar-refractivity contribution in [3.63, 3.8) is 0 Å². The van der Waals surface area contributed by atoms with Gasteiger partial charge in [0, 0.05) is 16.3 Å². The van der Waals surface area contributed by atoms with Gasteiger partial charge in [-0.2, -0.15) is 0 Å². The van der Waals surface area contributed by atoms with Crippen LogP contribution in [-0.4, -0.2) is 0 Å². The van der Waals surface area contributed by atoms with Gasteiger partial charge in [-0.05, 0) is 34.4 Å². The van der Waals surface area contributed by atoms with Crippen LogP contribution in [0.4, 0.5) is 0 Å². The molecule has 0 amide bonds. The molecule has 0 aliphatic heterocycles. The first-order chi connectivity index (χ1) is 12.8. The second kappa shape index (κ2) is 6.10. The van der Waals surface area contributed by atoms with Gasteiger partial charge in [0.15, 0.2) is 0 Å². The highest BCUT2D eigenvalue weighted by Gasteiger charge is 2.52. The maximum atomic E-state index is 3.72. The molecule has 0 nitrogen and oxygen atoms in total. The second-order valence-corrected chi connectivity index (χ2v) is 8.01. The van der Waals surface area contributed by atoms with Crippen molar-refractivity contribution in [1.82, 2.24) is 0 Å².